The molecule has 1 amide bonds. The first-order valence-corrected chi connectivity index (χ1v) is 7.33. The minimum Gasteiger partial charge on any atom is -0.496 e. The first-order chi connectivity index (χ1) is 11.0. The average molecular weight is 332 g/mol. The van der Waals surface area contributed by atoms with E-state index in [2.05, 4.69) is 5.32 Å². The second-order valence-corrected chi connectivity index (χ2v) is 5.74. The zero-order valence-corrected chi connectivity index (χ0v) is 13.1. The number of nitrogens with one attached hydrogen (secondary N) is 1. The van der Waals surface area contributed by atoms with Gasteiger partial charge in [-0.05, 0) is 30.3 Å². The van der Waals surface area contributed by atoms with E-state index in [1.807, 2.05) is 0 Å². The molecule has 2 aromatic carbocycles. The highest BCUT2D eigenvalue weighted by molar-refractivity contribution is 6.31. The Morgan fingerprint density at radius 3 is 2.78 bits per heavy atom. The molecule has 1 atom stereocenters. The van der Waals surface area contributed by atoms with E-state index in [1.54, 1.807) is 36.4 Å². The van der Waals surface area contributed by atoms with Crippen molar-refractivity contribution in [3.8, 4) is 5.75 Å². The Balaban J connectivity index is 1.98. The van der Waals surface area contributed by atoms with Crippen LogP contribution in [0.5, 0.6) is 5.75 Å². The van der Waals surface area contributed by atoms with Crippen LogP contribution in [0.1, 0.15) is 22.3 Å². The summed E-state index contributed by atoms with van der Waals surface area (Å²) < 4.78 is 5.16. The largest absolute Gasteiger partial charge is 0.496 e. The summed E-state index contributed by atoms with van der Waals surface area (Å²) in [6.07, 6.45) is -0.396. The van der Waals surface area contributed by atoms with Crippen molar-refractivity contribution in [2.24, 2.45) is 0 Å². The van der Waals surface area contributed by atoms with Gasteiger partial charge in [-0.15, -0.1) is 0 Å². The van der Waals surface area contributed by atoms with E-state index < -0.39 is 23.7 Å². The summed E-state index contributed by atoms with van der Waals surface area (Å²) in [5, 5.41) is 13.7. The van der Waals surface area contributed by atoms with Crippen LogP contribution >= 0.6 is 11.6 Å². The molecule has 0 aromatic heterocycles. The molecule has 3 rings (SSSR count). The van der Waals surface area contributed by atoms with Crippen LogP contribution < -0.4 is 10.1 Å². The van der Waals surface area contributed by atoms with Crippen LogP contribution in [-0.2, 0) is 10.4 Å². The Labute approximate surface area is 137 Å². The van der Waals surface area contributed by atoms with Crippen LogP contribution in [0.15, 0.2) is 42.5 Å². The molecular formula is C17H14ClNO4. The van der Waals surface area contributed by atoms with E-state index in [4.69, 9.17) is 16.3 Å². The number of carbonyl (C=O) groups is 2. The lowest BCUT2D eigenvalue weighted by Crippen LogP contribution is -2.36. The molecule has 0 unspecified atom stereocenters. The van der Waals surface area contributed by atoms with E-state index in [0.717, 1.165) is 0 Å². The molecule has 2 N–H and O–H groups in total. The molecule has 0 fully saturated rings. The molecule has 1 heterocycles. The number of ketones is 1. The maximum Gasteiger partial charge on any atom is 0.261 e. The maximum absolute atomic E-state index is 12.6. The molecule has 0 radical (unpaired) electrons. The number of aliphatic hydroxyl groups is 1. The Morgan fingerprint density at radius 1 is 1.30 bits per heavy atom. The van der Waals surface area contributed by atoms with Crippen molar-refractivity contribution in [1.29, 1.82) is 0 Å². The van der Waals surface area contributed by atoms with Crippen LogP contribution in [0, 0.1) is 0 Å². The van der Waals surface area contributed by atoms with Crippen molar-refractivity contribution in [3.63, 3.8) is 0 Å². The van der Waals surface area contributed by atoms with Gasteiger partial charge in [0, 0.05) is 16.3 Å². The van der Waals surface area contributed by atoms with Crippen molar-refractivity contribution in [3.05, 3.63) is 58.6 Å². The SMILES string of the molecule is COc1ccccc1C(=O)C[C@@]1(O)C(=O)Nc2ccc(Cl)cc21. The van der Waals surface area contributed by atoms with Crippen molar-refractivity contribution in [2.45, 2.75) is 12.0 Å². The van der Waals surface area contributed by atoms with Crippen molar-refractivity contribution in [2.75, 3.05) is 12.4 Å². The normalized spacial score (nSPS) is 19.2. The molecule has 1 aliphatic heterocycles. The van der Waals surface area contributed by atoms with E-state index in [1.165, 1.54) is 13.2 Å². The third-order valence-corrected chi connectivity index (χ3v) is 4.11. The molecule has 0 aliphatic carbocycles. The summed E-state index contributed by atoms with van der Waals surface area (Å²) in [6, 6.07) is 11.4. The van der Waals surface area contributed by atoms with Gasteiger partial charge in [-0.25, -0.2) is 0 Å². The number of ether oxygens (including phenoxy) is 1. The van der Waals surface area contributed by atoms with Crippen LogP contribution in [0.4, 0.5) is 5.69 Å². The van der Waals surface area contributed by atoms with Gasteiger partial charge in [-0.3, -0.25) is 9.59 Å². The third-order valence-electron chi connectivity index (χ3n) is 3.87. The number of hydrogen-bond donors (Lipinski definition) is 2. The summed E-state index contributed by atoms with van der Waals surface area (Å²) in [6.45, 7) is 0. The van der Waals surface area contributed by atoms with Gasteiger partial charge in [0.05, 0.1) is 19.1 Å². The molecular weight excluding hydrogens is 318 g/mol. The molecule has 6 heteroatoms. The van der Waals surface area contributed by atoms with Gasteiger partial charge in [0.1, 0.15) is 5.75 Å². The summed E-state index contributed by atoms with van der Waals surface area (Å²) in [5.41, 5.74) is -0.877. The lowest BCUT2D eigenvalue weighted by atomic mass is 9.88. The quantitative estimate of drug-likeness (QED) is 0.845. The zero-order chi connectivity index (χ0) is 16.6. The lowest BCUT2D eigenvalue weighted by molar-refractivity contribution is -0.133. The Bertz CT molecular complexity index is 805. The number of methoxy groups -OCH3 is 1. The number of carbonyl (C=O) groups excluding carboxylic acids is 2. The Hall–Kier alpha value is -2.37. The predicted molar refractivity (Wildman–Crippen MR) is 85.9 cm³/mol. The minimum absolute atomic E-state index is 0.304. The molecule has 23 heavy (non-hydrogen) atoms. The molecule has 0 saturated heterocycles. The van der Waals surface area contributed by atoms with E-state index in [-0.39, 0.29) is 0 Å². The molecule has 5 nitrogen and oxygen atoms in total. The number of para-hydroxylation sites is 1. The Kier molecular flexibility index (Phi) is 3.83. The van der Waals surface area contributed by atoms with Crippen LogP contribution in [0.25, 0.3) is 0 Å². The summed E-state index contributed by atoms with van der Waals surface area (Å²) in [7, 11) is 1.46. The number of rotatable bonds is 4. The third kappa shape index (κ3) is 2.58. The molecule has 1 aliphatic rings. The zero-order valence-electron chi connectivity index (χ0n) is 12.3. The monoisotopic (exact) mass is 331 g/mol. The van der Waals surface area contributed by atoms with Gasteiger partial charge in [-0.1, -0.05) is 23.7 Å². The van der Waals surface area contributed by atoms with Crippen LogP contribution in [0.3, 0.4) is 0 Å². The predicted octanol–water partition coefficient (Wildman–Crippen LogP) is 2.76. The summed E-state index contributed by atoms with van der Waals surface area (Å²) >= 11 is 5.94. The first kappa shape index (κ1) is 15.5. The van der Waals surface area contributed by atoms with Gasteiger partial charge in [-0.2, -0.15) is 0 Å². The Morgan fingerprint density at radius 2 is 2.04 bits per heavy atom. The van der Waals surface area contributed by atoms with Gasteiger partial charge in [0.15, 0.2) is 11.4 Å². The smallest absolute Gasteiger partial charge is 0.261 e. The fourth-order valence-corrected chi connectivity index (χ4v) is 2.87. The topological polar surface area (TPSA) is 75.6 Å². The number of amides is 1. The van der Waals surface area contributed by atoms with Gasteiger partial charge in [0.2, 0.25) is 0 Å². The minimum atomic E-state index is -1.95. The summed E-state index contributed by atoms with van der Waals surface area (Å²) in [4.78, 5) is 24.8. The standard InChI is InChI=1S/C17H14ClNO4/c1-23-15-5-3-2-4-11(15)14(20)9-17(22)12-8-10(18)6-7-13(12)19-16(17)21/h2-8,22H,9H2,1H3,(H,19,21)/t17-/m0/s1. The van der Waals surface area contributed by atoms with Crippen molar-refractivity contribution in [1.82, 2.24) is 0 Å². The molecule has 118 valence electrons. The number of hydrogen-bond acceptors (Lipinski definition) is 4. The fraction of sp³-hybridized carbons (Fsp3) is 0.176. The fourth-order valence-electron chi connectivity index (χ4n) is 2.69. The second-order valence-electron chi connectivity index (χ2n) is 5.30. The van der Waals surface area contributed by atoms with E-state index >= 15 is 0 Å². The van der Waals surface area contributed by atoms with E-state index in [0.29, 0.717) is 27.6 Å². The summed E-state index contributed by atoms with van der Waals surface area (Å²) in [5.74, 6) is -0.642. The molecule has 0 bridgehead atoms. The molecule has 0 saturated carbocycles. The van der Waals surface area contributed by atoms with Gasteiger partial charge in [0.25, 0.3) is 5.91 Å². The number of Topliss-reactive ketones (excluding diaryl/α,β-unsaturated/α-hetero) is 1. The first-order valence-electron chi connectivity index (χ1n) is 6.96. The van der Waals surface area contributed by atoms with E-state index in [9.17, 15) is 14.7 Å². The van der Waals surface area contributed by atoms with Gasteiger partial charge >= 0.3 is 0 Å². The molecule has 2 aromatic rings. The van der Waals surface area contributed by atoms with Gasteiger partial charge < -0.3 is 15.2 Å². The second kappa shape index (κ2) is 5.68. The highest BCUT2D eigenvalue weighted by Gasteiger charge is 2.47. The number of anilines is 1. The maximum atomic E-state index is 12.6. The van der Waals surface area contributed by atoms with Crippen molar-refractivity contribution >= 4 is 29.0 Å². The molecule has 0 spiro atoms. The van der Waals surface area contributed by atoms with Crippen LogP contribution in [-0.4, -0.2) is 23.9 Å². The van der Waals surface area contributed by atoms with Crippen molar-refractivity contribution < 1.29 is 19.4 Å². The highest BCUT2D eigenvalue weighted by Crippen LogP contribution is 2.40. The number of benzene rings is 2. The number of fused-ring (bicyclic) bond motifs is 1. The lowest BCUT2D eigenvalue weighted by Gasteiger charge is -2.20. The number of halogens is 1. The average Bonchev–Trinajstić information content (AvgIpc) is 2.78. The highest BCUT2D eigenvalue weighted by atomic mass is 35.5. The van der Waals surface area contributed by atoms with Crippen LogP contribution in [0.2, 0.25) is 5.02 Å².